The van der Waals surface area contributed by atoms with Crippen molar-refractivity contribution in [1.29, 1.82) is 0 Å². The molecule has 0 bridgehead atoms. The van der Waals surface area contributed by atoms with Crippen molar-refractivity contribution in [2.45, 2.75) is 30.7 Å². The van der Waals surface area contributed by atoms with Crippen LogP contribution in [0, 0.1) is 16.0 Å². The van der Waals surface area contributed by atoms with Crippen molar-refractivity contribution in [1.82, 2.24) is 18.8 Å². The number of fused-ring (bicyclic) bond motifs is 1. The summed E-state index contributed by atoms with van der Waals surface area (Å²) in [7, 11) is -3.93. The molecule has 1 fully saturated rings. The minimum Gasteiger partial charge on any atom is -0.338 e. The number of hydrogen-bond donors (Lipinski definition) is 0. The molecule has 178 valence electrons. The van der Waals surface area contributed by atoms with Gasteiger partial charge in [-0.15, -0.1) is 11.3 Å². The summed E-state index contributed by atoms with van der Waals surface area (Å²) in [5, 5.41) is 13.7. The fourth-order valence-electron chi connectivity index (χ4n) is 4.62. The summed E-state index contributed by atoms with van der Waals surface area (Å²) in [5.74, 6) is -0.140. The van der Waals surface area contributed by atoms with Crippen molar-refractivity contribution in [3.05, 3.63) is 68.9 Å². The molecule has 2 aliphatic heterocycles. The zero-order valence-electron chi connectivity index (χ0n) is 18.2. The van der Waals surface area contributed by atoms with Gasteiger partial charge in [0.1, 0.15) is 5.69 Å². The van der Waals surface area contributed by atoms with Crippen molar-refractivity contribution in [3.63, 3.8) is 0 Å². The Kier molecular flexibility index (Phi) is 5.96. The SMILES string of the molecule is O=C(C1CCN(S(=O)(=O)c2ccc(-n3ccnc3)c([N+](=O)[O-])c2)CC1)N1CCc2sccc2C1. The summed E-state index contributed by atoms with van der Waals surface area (Å²) in [6, 6.07) is 5.94. The van der Waals surface area contributed by atoms with Gasteiger partial charge in [0.25, 0.3) is 5.69 Å². The molecule has 1 amide bonds. The van der Waals surface area contributed by atoms with Crippen LogP contribution in [-0.4, -0.2) is 57.6 Å². The molecule has 4 heterocycles. The number of benzene rings is 1. The summed E-state index contributed by atoms with van der Waals surface area (Å²) in [6.45, 7) is 1.71. The maximum Gasteiger partial charge on any atom is 0.294 e. The van der Waals surface area contributed by atoms with Crippen molar-refractivity contribution >= 4 is 33.0 Å². The molecule has 0 N–H and O–H groups in total. The maximum atomic E-state index is 13.2. The number of nitro benzene ring substituents is 1. The predicted octanol–water partition coefficient (Wildman–Crippen LogP) is 2.83. The van der Waals surface area contributed by atoms with E-state index in [1.807, 2.05) is 10.3 Å². The second-order valence-electron chi connectivity index (χ2n) is 8.43. The molecule has 2 aliphatic rings. The van der Waals surface area contributed by atoms with Crippen LogP contribution in [0.15, 0.2) is 53.3 Å². The maximum absolute atomic E-state index is 13.2. The molecule has 5 rings (SSSR count). The van der Waals surface area contributed by atoms with Crippen LogP contribution < -0.4 is 0 Å². The normalized spacial score (nSPS) is 17.5. The van der Waals surface area contributed by atoms with Gasteiger partial charge in [0.2, 0.25) is 15.9 Å². The lowest BCUT2D eigenvalue weighted by Gasteiger charge is -2.35. The van der Waals surface area contributed by atoms with Crippen LogP contribution in [0.3, 0.4) is 0 Å². The molecule has 0 spiro atoms. The van der Waals surface area contributed by atoms with Crippen LogP contribution in [0.25, 0.3) is 5.69 Å². The first kappa shape index (κ1) is 22.7. The van der Waals surface area contributed by atoms with Gasteiger partial charge < -0.3 is 9.47 Å². The van der Waals surface area contributed by atoms with E-state index in [1.165, 1.54) is 44.0 Å². The van der Waals surface area contributed by atoms with Crippen molar-refractivity contribution in [2.24, 2.45) is 5.92 Å². The number of thiophene rings is 1. The Hall–Kier alpha value is -3.09. The van der Waals surface area contributed by atoms with E-state index < -0.39 is 14.9 Å². The number of nitro groups is 1. The Bertz CT molecular complexity index is 1330. The first-order chi connectivity index (χ1) is 16.3. The summed E-state index contributed by atoms with van der Waals surface area (Å²) in [4.78, 5) is 31.0. The molecule has 3 aromatic rings. The average molecular weight is 502 g/mol. The molecule has 0 atom stereocenters. The zero-order chi connectivity index (χ0) is 23.9. The fraction of sp³-hybridized carbons (Fsp3) is 0.364. The number of nitrogens with zero attached hydrogens (tertiary/aromatic N) is 5. The number of sulfonamides is 1. The summed E-state index contributed by atoms with van der Waals surface area (Å²) < 4.78 is 29.3. The third-order valence-electron chi connectivity index (χ3n) is 6.49. The number of rotatable bonds is 5. The van der Waals surface area contributed by atoms with Crippen molar-refractivity contribution in [3.8, 4) is 5.69 Å². The van der Waals surface area contributed by atoms with Crippen LogP contribution in [0.5, 0.6) is 0 Å². The van der Waals surface area contributed by atoms with E-state index >= 15 is 0 Å². The Morgan fingerprint density at radius 3 is 2.68 bits per heavy atom. The molecule has 1 aromatic carbocycles. The summed E-state index contributed by atoms with van der Waals surface area (Å²) >= 11 is 1.72. The van der Waals surface area contributed by atoms with Gasteiger partial charge in [0.15, 0.2) is 0 Å². The number of carbonyl (C=O) groups excluding carboxylic acids is 1. The third-order valence-corrected chi connectivity index (χ3v) is 9.40. The lowest BCUT2D eigenvalue weighted by Crippen LogP contribution is -2.45. The number of amides is 1. The molecule has 10 nitrogen and oxygen atoms in total. The highest BCUT2D eigenvalue weighted by Gasteiger charge is 2.35. The standard InChI is InChI=1S/C22H23N5O5S2/c28-22(24-8-5-21-17(14-24)6-12-33-21)16-3-9-26(10-4-16)34(31,32)18-1-2-19(20(13-18)27(29)30)25-11-7-23-15-25/h1-2,6-7,11-13,15-16H,3-5,8-10,14H2. The van der Waals surface area contributed by atoms with Crippen LogP contribution in [0.1, 0.15) is 23.3 Å². The topological polar surface area (TPSA) is 119 Å². The van der Waals surface area contributed by atoms with E-state index in [4.69, 9.17) is 0 Å². The lowest BCUT2D eigenvalue weighted by molar-refractivity contribution is -0.384. The molecule has 2 aromatic heterocycles. The predicted molar refractivity (Wildman–Crippen MR) is 125 cm³/mol. The van der Waals surface area contributed by atoms with Gasteiger partial charge >= 0.3 is 0 Å². The second kappa shape index (κ2) is 8.93. The molecule has 0 saturated carbocycles. The van der Waals surface area contributed by atoms with Crippen molar-refractivity contribution in [2.75, 3.05) is 19.6 Å². The van der Waals surface area contributed by atoms with Crippen LogP contribution >= 0.6 is 11.3 Å². The zero-order valence-corrected chi connectivity index (χ0v) is 19.9. The molecule has 12 heteroatoms. The number of imidazole rings is 1. The highest BCUT2D eigenvalue weighted by atomic mass is 32.2. The van der Waals surface area contributed by atoms with Gasteiger partial charge in [-0.3, -0.25) is 14.9 Å². The Morgan fingerprint density at radius 2 is 1.97 bits per heavy atom. The molecule has 34 heavy (non-hydrogen) atoms. The van der Waals surface area contributed by atoms with E-state index in [-0.39, 0.29) is 41.2 Å². The van der Waals surface area contributed by atoms with Crippen LogP contribution in [0.2, 0.25) is 0 Å². The van der Waals surface area contributed by atoms with E-state index in [2.05, 4.69) is 11.1 Å². The molecular formula is C22H23N5O5S2. The minimum atomic E-state index is -3.93. The largest absolute Gasteiger partial charge is 0.338 e. The number of aromatic nitrogens is 2. The molecular weight excluding hydrogens is 478 g/mol. The smallest absolute Gasteiger partial charge is 0.294 e. The highest BCUT2D eigenvalue weighted by Crippen LogP contribution is 2.31. The van der Waals surface area contributed by atoms with Crippen LogP contribution in [-0.2, 0) is 27.8 Å². The molecule has 0 unspecified atom stereocenters. The second-order valence-corrected chi connectivity index (χ2v) is 11.4. The molecule has 0 radical (unpaired) electrons. The van der Waals surface area contributed by atoms with E-state index in [0.29, 0.717) is 25.9 Å². The van der Waals surface area contributed by atoms with Gasteiger partial charge in [0, 0.05) is 55.4 Å². The van der Waals surface area contributed by atoms with Gasteiger partial charge in [-0.1, -0.05) is 0 Å². The highest BCUT2D eigenvalue weighted by molar-refractivity contribution is 7.89. The minimum absolute atomic E-state index is 0.0780. The lowest BCUT2D eigenvalue weighted by atomic mass is 9.95. The van der Waals surface area contributed by atoms with E-state index in [1.54, 1.807) is 17.5 Å². The Morgan fingerprint density at radius 1 is 1.18 bits per heavy atom. The number of hydrogen-bond acceptors (Lipinski definition) is 7. The molecule has 1 saturated heterocycles. The quantitative estimate of drug-likeness (QED) is 0.392. The first-order valence-electron chi connectivity index (χ1n) is 11.0. The monoisotopic (exact) mass is 501 g/mol. The van der Waals surface area contributed by atoms with Gasteiger partial charge in [0.05, 0.1) is 16.1 Å². The van der Waals surface area contributed by atoms with Crippen LogP contribution in [0.4, 0.5) is 5.69 Å². The average Bonchev–Trinajstić information content (AvgIpc) is 3.55. The van der Waals surface area contributed by atoms with Crippen molar-refractivity contribution < 1.29 is 18.1 Å². The van der Waals surface area contributed by atoms with E-state index in [0.717, 1.165) is 12.5 Å². The Labute approximate surface area is 200 Å². The summed E-state index contributed by atoms with van der Waals surface area (Å²) in [6.07, 6.45) is 6.18. The molecule has 0 aliphatic carbocycles. The number of carbonyl (C=O) groups is 1. The first-order valence-corrected chi connectivity index (χ1v) is 13.3. The third kappa shape index (κ3) is 4.12. The van der Waals surface area contributed by atoms with E-state index in [9.17, 15) is 23.3 Å². The van der Waals surface area contributed by atoms with Gasteiger partial charge in [-0.25, -0.2) is 13.4 Å². The van der Waals surface area contributed by atoms with Gasteiger partial charge in [-0.2, -0.15) is 4.31 Å². The number of piperidine rings is 1. The Balaban J connectivity index is 1.29. The fourth-order valence-corrected chi connectivity index (χ4v) is 7.00. The summed E-state index contributed by atoms with van der Waals surface area (Å²) in [5.41, 5.74) is 1.12. The van der Waals surface area contributed by atoms with Gasteiger partial charge in [-0.05, 0) is 48.4 Å².